The number of hydrogen-bond donors (Lipinski definition) is 1. The molecule has 2 rings (SSSR count). The van der Waals surface area contributed by atoms with Crippen LogP contribution < -0.4 is 5.32 Å². The van der Waals surface area contributed by atoms with E-state index in [2.05, 4.69) is 19.2 Å². The minimum Gasteiger partial charge on any atom is -0.340 e. The lowest BCUT2D eigenvalue weighted by Crippen LogP contribution is -2.71. The van der Waals surface area contributed by atoms with Gasteiger partial charge in [0.05, 0.1) is 0 Å². The van der Waals surface area contributed by atoms with Gasteiger partial charge in [0.15, 0.2) is 0 Å². The highest BCUT2D eigenvalue weighted by Crippen LogP contribution is 2.33. The van der Waals surface area contributed by atoms with Gasteiger partial charge >= 0.3 is 0 Å². The number of piperazine rings is 1. The monoisotopic (exact) mass is 280 g/mol. The van der Waals surface area contributed by atoms with Gasteiger partial charge in [0.25, 0.3) is 0 Å². The van der Waals surface area contributed by atoms with Crippen LogP contribution in [0.1, 0.15) is 66.2 Å². The van der Waals surface area contributed by atoms with Gasteiger partial charge in [-0.15, -0.1) is 0 Å². The first kappa shape index (κ1) is 15.3. The second kappa shape index (κ2) is 5.74. The zero-order valence-electron chi connectivity index (χ0n) is 13.2. The summed E-state index contributed by atoms with van der Waals surface area (Å²) in [6.45, 7) is 7.99. The van der Waals surface area contributed by atoms with E-state index in [4.69, 9.17) is 0 Å². The Bertz CT molecular complexity index is 390. The Labute approximate surface area is 122 Å². The van der Waals surface area contributed by atoms with E-state index in [0.29, 0.717) is 6.42 Å². The summed E-state index contributed by atoms with van der Waals surface area (Å²) in [6, 6.07) is -0.0198. The molecular formula is C16H28N2O2. The van der Waals surface area contributed by atoms with Gasteiger partial charge in [-0.3, -0.25) is 9.59 Å². The highest BCUT2D eigenvalue weighted by molar-refractivity contribution is 5.99. The molecule has 4 nitrogen and oxygen atoms in total. The second-order valence-electron chi connectivity index (χ2n) is 6.66. The van der Waals surface area contributed by atoms with Crippen molar-refractivity contribution in [2.45, 2.75) is 83.8 Å². The maximum absolute atomic E-state index is 13.0. The lowest BCUT2D eigenvalue weighted by atomic mass is 9.85. The van der Waals surface area contributed by atoms with Crippen LogP contribution in [-0.4, -0.2) is 34.3 Å². The first-order valence-electron chi connectivity index (χ1n) is 8.09. The number of nitrogens with zero attached hydrogens (tertiary/aromatic N) is 1. The van der Waals surface area contributed by atoms with Gasteiger partial charge in [-0.1, -0.05) is 40.0 Å². The summed E-state index contributed by atoms with van der Waals surface area (Å²) < 4.78 is 0. The van der Waals surface area contributed by atoms with Crippen molar-refractivity contribution in [2.75, 3.05) is 0 Å². The van der Waals surface area contributed by atoms with Crippen LogP contribution >= 0.6 is 0 Å². The van der Waals surface area contributed by atoms with Gasteiger partial charge in [0.2, 0.25) is 11.8 Å². The smallest absolute Gasteiger partial charge is 0.248 e. The summed E-state index contributed by atoms with van der Waals surface area (Å²) in [5.41, 5.74) is -0.719. The van der Waals surface area contributed by atoms with Crippen LogP contribution in [0.5, 0.6) is 0 Å². The Hall–Kier alpha value is -1.06. The molecule has 0 radical (unpaired) electrons. The van der Waals surface area contributed by atoms with Crippen LogP contribution in [0, 0.1) is 5.92 Å². The first-order valence-corrected chi connectivity index (χ1v) is 8.09. The molecule has 3 unspecified atom stereocenters. The maximum atomic E-state index is 13.0. The molecule has 1 N–H and O–H groups in total. The Morgan fingerprint density at radius 1 is 1.30 bits per heavy atom. The molecule has 1 saturated carbocycles. The third-order valence-corrected chi connectivity index (χ3v) is 5.28. The molecule has 114 valence electrons. The molecule has 0 aromatic heterocycles. The molecule has 1 heterocycles. The lowest BCUT2D eigenvalue weighted by molar-refractivity contribution is -0.159. The molecule has 0 spiro atoms. The van der Waals surface area contributed by atoms with Crippen molar-refractivity contribution in [2.24, 2.45) is 5.92 Å². The van der Waals surface area contributed by atoms with Crippen molar-refractivity contribution in [3.63, 3.8) is 0 Å². The van der Waals surface area contributed by atoms with E-state index in [0.717, 1.165) is 19.3 Å². The fourth-order valence-electron chi connectivity index (χ4n) is 3.51. The standard InChI is InChI=1S/C16H28N2O2/c1-5-11(3)13-14(19)17-16(4,6-2)15(20)18(13)12-9-7-8-10-12/h11-13H,5-10H2,1-4H3,(H,17,19). The summed E-state index contributed by atoms with van der Waals surface area (Å²) in [5, 5.41) is 2.98. The van der Waals surface area contributed by atoms with E-state index < -0.39 is 5.54 Å². The summed E-state index contributed by atoms with van der Waals surface area (Å²) in [6.07, 6.45) is 6.00. The predicted molar refractivity (Wildman–Crippen MR) is 79.2 cm³/mol. The minimum atomic E-state index is -0.719. The highest BCUT2D eigenvalue weighted by atomic mass is 16.2. The average Bonchev–Trinajstić information content (AvgIpc) is 2.95. The molecular weight excluding hydrogens is 252 g/mol. The molecule has 1 aliphatic carbocycles. The number of carbonyl (C=O) groups excluding carboxylic acids is 2. The third-order valence-electron chi connectivity index (χ3n) is 5.28. The van der Waals surface area contributed by atoms with Gasteiger partial charge in [-0.25, -0.2) is 0 Å². The number of nitrogens with one attached hydrogen (secondary N) is 1. The number of amides is 2. The SMILES string of the molecule is CCC(C)C1C(=O)NC(C)(CC)C(=O)N1C1CCCC1. The fraction of sp³-hybridized carbons (Fsp3) is 0.875. The van der Waals surface area contributed by atoms with E-state index in [-0.39, 0.29) is 29.8 Å². The predicted octanol–water partition coefficient (Wildman–Crippen LogP) is 2.47. The Balaban J connectivity index is 2.35. The largest absolute Gasteiger partial charge is 0.340 e. The van der Waals surface area contributed by atoms with Crippen LogP contribution in [0.25, 0.3) is 0 Å². The summed E-state index contributed by atoms with van der Waals surface area (Å²) in [7, 11) is 0. The van der Waals surface area contributed by atoms with E-state index in [1.165, 1.54) is 12.8 Å². The lowest BCUT2D eigenvalue weighted by Gasteiger charge is -2.48. The number of hydrogen-bond acceptors (Lipinski definition) is 2. The van der Waals surface area contributed by atoms with E-state index >= 15 is 0 Å². The second-order valence-corrected chi connectivity index (χ2v) is 6.66. The van der Waals surface area contributed by atoms with Crippen molar-refractivity contribution in [1.82, 2.24) is 10.2 Å². The van der Waals surface area contributed by atoms with Crippen LogP contribution in [0.2, 0.25) is 0 Å². The quantitative estimate of drug-likeness (QED) is 0.860. The molecule has 1 aliphatic heterocycles. The van der Waals surface area contributed by atoms with Crippen molar-refractivity contribution >= 4 is 11.8 Å². The summed E-state index contributed by atoms with van der Waals surface area (Å²) in [5.74, 6) is 0.368. The van der Waals surface area contributed by atoms with E-state index in [9.17, 15) is 9.59 Å². The molecule has 2 fully saturated rings. The summed E-state index contributed by atoms with van der Waals surface area (Å²) in [4.78, 5) is 27.5. The van der Waals surface area contributed by atoms with Crippen molar-refractivity contribution in [1.29, 1.82) is 0 Å². The number of rotatable bonds is 4. The van der Waals surface area contributed by atoms with E-state index in [1.807, 2.05) is 18.7 Å². The molecule has 2 amide bonds. The average molecular weight is 280 g/mol. The molecule has 0 bridgehead atoms. The van der Waals surface area contributed by atoms with Gasteiger partial charge in [-0.05, 0) is 32.1 Å². The number of carbonyl (C=O) groups is 2. The highest BCUT2D eigenvalue weighted by Gasteiger charge is 2.50. The molecule has 20 heavy (non-hydrogen) atoms. The van der Waals surface area contributed by atoms with Crippen LogP contribution in [0.15, 0.2) is 0 Å². The van der Waals surface area contributed by atoms with Gasteiger partial charge < -0.3 is 10.2 Å². The van der Waals surface area contributed by atoms with Gasteiger partial charge in [-0.2, -0.15) is 0 Å². The van der Waals surface area contributed by atoms with Crippen LogP contribution in [0.4, 0.5) is 0 Å². The topological polar surface area (TPSA) is 49.4 Å². The van der Waals surface area contributed by atoms with Crippen molar-refractivity contribution < 1.29 is 9.59 Å². The Morgan fingerprint density at radius 3 is 2.40 bits per heavy atom. The Morgan fingerprint density at radius 2 is 1.90 bits per heavy atom. The summed E-state index contributed by atoms with van der Waals surface area (Å²) >= 11 is 0. The molecule has 2 aliphatic rings. The molecule has 0 aromatic rings. The van der Waals surface area contributed by atoms with Crippen LogP contribution in [0.3, 0.4) is 0 Å². The molecule has 3 atom stereocenters. The molecule has 0 aromatic carbocycles. The first-order chi connectivity index (χ1) is 9.44. The van der Waals surface area contributed by atoms with Crippen LogP contribution in [-0.2, 0) is 9.59 Å². The fourth-order valence-corrected chi connectivity index (χ4v) is 3.51. The van der Waals surface area contributed by atoms with Gasteiger partial charge in [0.1, 0.15) is 11.6 Å². The van der Waals surface area contributed by atoms with Gasteiger partial charge in [0, 0.05) is 6.04 Å². The normalized spacial score (nSPS) is 33.4. The minimum absolute atomic E-state index is 0.0372. The zero-order valence-corrected chi connectivity index (χ0v) is 13.2. The third kappa shape index (κ3) is 2.45. The Kier molecular flexibility index (Phi) is 4.40. The van der Waals surface area contributed by atoms with Crippen molar-refractivity contribution in [3.05, 3.63) is 0 Å². The molecule has 1 saturated heterocycles. The van der Waals surface area contributed by atoms with Crippen molar-refractivity contribution in [3.8, 4) is 0 Å². The molecule has 4 heteroatoms. The zero-order chi connectivity index (χ0) is 14.9. The van der Waals surface area contributed by atoms with E-state index in [1.54, 1.807) is 0 Å². The maximum Gasteiger partial charge on any atom is 0.248 e.